The van der Waals surface area contributed by atoms with Crippen LogP contribution in [0.1, 0.15) is 11.3 Å². The molecule has 1 aromatic heterocycles. The lowest BCUT2D eigenvalue weighted by atomic mass is 10.1. The van der Waals surface area contributed by atoms with Gasteiger partial charge in [-0.05, 0) is 43.3 Å². The Morgan fingerprint density at radius 1 is 0.973 bits per heavy atom. The van der Waals surface area contributed by atoms with Gasteiger partial charge >= 0.3 is 0 Å². The summed E-state index contributed by atoms with van der Waals surface area (Å²) in [6.07, 6.45) is 0. The van der Waals surface area contributed by atoms with Gasteiger partial charge in [0.05, 0.1) is 38.1 Å². The number of anilines is 1. The molecule has 0 atom stereocenters. The number of halogens is 4. The fraction of sp³-hybridized carbons (Fsp3) is 0.154. The minimum Gasteiger partial charge on any atom is -0.493 e. The molecule has 4 aromatic rings. The third kappa shape index (κ3) is 5.18. The Kier molecular flexibility index (Phi) is 7.40. The van der Waals surface area contributed by atoms with Gasteiger partial charge in [-0.1, -0.05) is 57.6 Å². The molecule has 0 unspecified atom stereocenters. The van der Waals surface area contributed by atoms with Gasteiger partial charge in [-0.2, -0.15) is 0 Å². The molecule has 1 aliphatic rings. The molecule has 7 nitrogen and oxygen atoms in total. The SMILES string of the molecule is COc1cc2c(cc1OCc1c(-c3c(Cl)cccc3Cl)noc1C)=NCNC=2Nc1ccc(Cl)c(Cl)c1. The van der Waals surface area contributed by atoms with E-state index in [1.165, 1.54) is 0 Å². The van der Waals surface area contributed by atoms with Crippen LogP contribution in [0.4, 0.5) is 5.69 Å². The van der Waals surface area contributed by atoms with Crippen molar-refractivity contribution in [3.05, 3.63) is 90.5 Å². The van der Waals surface area contributed by atoms with Gasteiger partial charge in [-0.25, -0.2) is 0 Å². The van der Waals surface area contributed by atoms with E-state index in [1.54, 1.807) is 44.4 Å². The van der Waals surface area contributed by atoms with Gasteiger partial charge in [-0.15, -0.1) is 0 Å². The van der Waals surface area contributed by atoms with E-state index in [0.717, 1.165) is 27.6 Å². The van der Waals surface area contributed by atoms with Gasteiger partial charge < -0.3 is 24.6 Å². The van der Waals surface area contributed by atoms with Crippen molar-refractivity contribution in [1.29, 1.82) is 0 Å². The predicted molar refractivity (Wildman–Crippen MR) is 146 cm³/mol. The van der Waals surface area contributed by atoms with Crippen molar-refractivity contribution in [2.45, 2.75) is 13.5 Å². The summed E-state index contributed by atoms with van der Waals surface area (Å²) in [5, 5.41) is 14.2. The molecule has 11 heteroatoms. The second-order valence-electron chi connectivity index (χ2n) is 8.09. The molecule has 37 heavy (non-hydrogen) atoms. The molecular formula is C26H20Cl4N4O3. The number of benzene rings is 3. The highest BCUT2D eigenvalue weighted by atomic mass is 35.5. The Morgan fingerprint density at radius 3 is 2.49 bits per heavy atom. The lowest BCUT2D eigenvalue weighted by Gasteiger charge is -2.18. The van der Waals surface area contributed by atoms with Gasteiger partial charge in [0.25, 0.3) is 0 Å². The highest BCUT2D eigenvalue weighted by Gasteiger charge is 2.21. The maximum atomic E-state index is 6.41. The first kappa shape index (κ1) is 25.5. The molecule has 5 rings (SSSR count). The lowest BCUT2D eigenvalue weighted by molar-refractivity contribution is 0.281. The van der Waals surface area contributed by atoms with Gasteiger partial charge in [0.15, 0.2) is 11.5 Å². The van der Waals surface area contributed by atoms with E-state index in [4.69, 9.17) is 60.4 Å². The molecule has 2 heterocycles. The molecule has 0 amide bonds. The van der Waals surface area contributed by atoms with Crippen LogP contribution in [0.25, 0.3) is 17.1 Å². The van der Waals surface area contributed by atoms with Crippen LogP contribution >= 0.6 is 46.4 Å². The van der Waals surface area contributed by atoms with E-state index in [2.05, 4.69) is 20.8 Å². The molecule has 2 N–H and O–H groups in total. The van der Waals surface area contributed by atoms with Crippen molar-refractivity contribution in [3.8, 4) is 22.8 Å². The van der Waals surface area contributed by atoms with Crippen molar-refractivity contribution in [2.75, 3.05) is 19.1 Å². The minimum atomic E-state index is 0.151. The number of rotatable bonds is 7. The van der Waals surface area contributed by atoms with Crippen molar-refractivity contribution in [1.82, 2.24) is 10.5 Å². The van der Waals surface area contributed by atoms with Crippen molar-refractivity contribution in [2.24, 2.45) is 4.99 Å². The Morgan fingerprint density at radius 2 is 1.76 bits per heavy atom. The van der Waals surface area contributed by atoms with Crippen LogP contribution in [-0.2, 0) is 6.61 Å². The highest BCUT2D eigenvalue weighted by molar-refractivity contribution is 6.42. The average molecular weight is 578 g/mol. The van der Waals surface area contributed by atoms with Crippen molar-refractivity contribution in [3.63, 3.8) is 0 Å². The van der Waals surface area contributed by atoms with E-state index >= 15 is 0 Å². The summed E-state index contributed by atoms with van der Waals surface area (Å²) in [5.41, 5.74) is 2.62. The smallest absolute Gasteiger partial charge is 0.163 e. The number of nitrogens with one attached hydrogen (secondary N) is 2. The maximum Gasteiger partial charge on any atom is 0.163 e. The number of ether oxygens (including phenoxy) is 2. The zero-order chi connectivity index (χ0) is 26.1. The zero-order valence-corrected chi connectivity index (χ0v) is 22.7. The second kappa shape index (κ2) is 10.7. The highest BCUT2D eigenvalue weighted by Crippen LogP contribution is 2.37. The molecule has 3 aromatic carbocycles. The van der Waals surface area contributed by atoms with Gasteiger partial charge in [0, 0.05) is 22.5 Å². The number of aromatic nitrogens is 1. The van der Waals surface area contributed by atoms with E-state index < -0.39 is 0 Å². The Hall–Kier alpha value is -3.10. The third-order valence-electron chi connectivity index (χ3n) is 5.80. The summed E-state index contributed by atoms with van der Waals surface area (Å²) in [6, 6.07) is 14.3. The maximum absolute atomic E-state index is 6.41. The van der Waals surface area contributed by atoms with Crippen molar-refractivity contribution >= 4 is 57.9 Å². The molecule has 0 spiro atoms. The van der Waals surface area contributed by atoms with E-state index in [0.29, 0.717) is 55.3 Å². The third-order valence-corrected chi connectivity index (χ3v) is 7.17. The predicted octanol–water partition coefficient (Wildman–Crippen LogP) is 6.21. The molecular weight excluding hydrogens is 558 g/mol. The quantitative estimate of drug-likeness (QED) is 0.272. The first-order chi connectivity index (χ1) is 17.9. The molecule has 190 valence electrons. The number of fused-ring (bicyclic) bond motifs is 1. The first-order valence-electron chi connectivity index (χ1n) is 11.1. The summed E-state index contributed by atoms with van der Waals surface area (Å²) < 4.78 is 17.3. The van der Waals surface area contributed by atoms with Crippen LogP contribution in [0.5, 0.6) is 11.5 Å². The number of hydrogen-bond acceptors (Lipinski definition) is 7. The van der Waals surface area contributed by atoms with Gasteiger partial charge in [0.1, 0.15) is 30.6 Å². The topological polar surface area (TPSA) is 80.9 Å². The van der Waals surface area contributed by atoms with Crippen LogP contribution < -0.4 is 30.7 Å². The first-order valence-corrected chi connectivity index (χ1v) is 12.6. The molecule has 0 radical (unpaired) electrons. The fourth-order valence-electron chi connectivity index (χ4n) is 3.91. The van der Waals surface area contributed by atoms with E-state index in [9.17, 15) is 0 Å². The molecule has 0 bridgehead atoms. The Labute approximate surface area is 232 Å². The van der Waals surface area contributed by atoms with Crippen molar-refractivity contribution < 1.29 is 14.0 Å². The lowest BCUT2D eigenvalue weighted by Crippen LogP contribution is -2.40. The summed E-state index contributed by atoms with van der Waals surface area (Å²) in [4.78, 5) is 4.58. The number of nitrogens with zero attached hydrogens (tertiary/aromatic N) is 2. The molecule has 0 aliphatic carbocycles. The summed E-state index contributed by atoms with van der Waals surface area (Å²) in [6.45, 7) is 2.33. The van der Waals surface area contributed by atoms with E-state index in [1.807, 2.05) is 18.2 Å². The molecule has 0 saturated carbocycles. The Balaban J connectivity index is 1.48. The van der Waals surface area contributed by atoms with Crippen LogP contribution in [0.15, 0.2) is 58.0 Å². The summed E-state index contributed by atoms with van der Waals surface area (Å²) >= 11 is 25.0. The van der Waals surface area contributed by atoms with Gasteiger partial charge in [-0.3, -0.25) is 4.99 Å². The standard InChI is InChI=1S/C26H20Cl4N4O3/c1-13-16(25(34-37-13)24-18(28)4-3-5-19(24)29)11-36-23-10-21-15(9-22(23)35-2)26(32-12-31-21)33-14-6-7-17(27)20(30)8-14/h3-10,32-33H,11-12H2,1-2H3. The van der Waals surface area contributed by atoms with E-state index in [-0.39, 0.29) is 6.61 Å². The van der Waals surface area contributed by atoms with Gasteiger partial charge in [0.2, 0.25) is 0 Å². The number of aryl methyl sites for hydroxylation is 1. The largest absolute Gasteiger partial charge is 0.493 e. The van der Waals surface area contributed by atoms with Crippen LogP contribution in [-0.4, -0.2) is 18.9 Å². The van der Waals surface area contributed by atoms with Crippen LogP contribution in [0.3, 0.4) is 0 Å². The fourth-order valence-corrected chi connectivity index (χ4v) is 4.79. The molecule has 0 saturated heterocycles. The minimum absolute atomic E-state index is 0.151. The van der Waals surface area contributed by atoms with Crippen LogP contribution in [0.2, 0.25) is 20.1 Å². The zero-order valence-electron chi connectivity index (χ0n) is 19.7. The summed E-state index contributed by atoms with van der Waals surface area (Å²) in [7, 11) is 1.58. The monoisotopic (exact) mass is 576 g/mol. The van der Waals surface area contributed by atoms with Crippen LogP contribution in [0, 0.1) is 6.92 Å². The summed E-state index contributed by atoms with van der Waals surface area (Å²) in [5.74, 6) is 2.38. The number of methoxy groups -OCH3 is 1. The average Bonchev–Trinajstić information content (AvgIpc) is 3.24. The Bertz CT molecular complexity index is 1600. The second-order valence-corrected chi connectivity index (χ2v) is 9.72. The number of hydrogen-bond donors (Lipinski definition) is 2. The molecule has 0 fully saturated rings. The molecule has 1 aliphatic heterocycles. The normalized spacial score (nSPS) is 12.4.